The number of anilines is 1. The highest BCUT2D eigenvalue weighted by Gasteiger charge is 2.39. The molecular formula is C40H56N6O4. The average Bonchev–Trinajstić information content (AvgIpc) is 3.65. The number of amides is 1. The van der Waals surface area contributed by atoms with Crippen molar-refractivity contribution in [1.29, 1.82) is 0 Å². The maximum Gasteiger partial charge on any atom is 0.221 e. The Bertz CT molecular complexity index is 1740. The number of carbonyl (C=O) groups is 1. The van der Waals surface area contributed by atoms with Gasteiger partial charge in [0.05, 0.1) is 24.9 Å². The first-order chi connectivity index (χ1) is 23.8. The minimum absolute atomic E-state index is 0.0258. The van der Waals surface area contributed by atoms with Gasteiger partial charge in [0.25, 0.3) is 0 Å². The molecule has 6 rings (SSSR count). The van der Waals surface area contributed by atoms with E-state index in [9.17, 15) is 4.79 Å². The first kappa shape index (κ1) is 37.4. The number of aromatic nitrogens is 3. The fraction of sp³-hybridized carbons (Fsp3) is 0.525. The molecule has 4 aromatic rings. The van der Waals surface area contributed by atoms with Crippen LogP contribution >= 0.6 is 0 Å². The number of pyridine rings is 1. The molecule has 0 bridgehead atoms. The normalized spacial score (nSPS) is 20.8. The molecule has 0 spiro atoms. The molecule has 1 amide bonds. The van der Waals surface area contributed by atoms with Crippen LogP contribution in [0.4, 0.5) is 5.69 Å². The van der Waals surface area contributed by atoms with Crippen LogP contribution < -0.4 is 10.1 Å². The number of aliphatic hydroxyl groups excluding tert-OH is 2. The first-order valence-corrected chi connectivity index (χ1v) is 18.0. The van der Waals surface area contributed by atoms with Crippen molar-refractivity contribution in [3.8, 4) is 5.75 Å². The van der Waals surface area contributed by atoms with Crippen LogP contribution in [0.2, 0.25) is 0 Å². The Morgan fingerprint density at radius 2 is 1.76 bits per heavy atom. The maximum atomic E-state index is 11.3. The Labute approximate surface area is 297 Å². The van der Waals surface area contributed by atoms with Gasteiger partial charge in [-0.15, -0.1) is 10.2 Å². The molecule has 1 fully saturated rings. The quantitative estimate of drug-likeness (QED) is 0.176. The van der Waals surface area contributed by atoms with Gasteiger partial charge in [-0.25, -0.2) is 0 Å². The van der Waals surface area contributed by atoms with Crippen molar-refractivity contribution < 1.29 is 19.7 Å². The van der Waals surface area contributed by atoms with Gasteiger partial charge in [-0.1, -0.05) is 58.0 Å². The van der Waals surface area contributed by atoms with Crippen LogP contribution in [0.15, 0.2) is 60.8 Å². The number of ether oxygens (including phenoxy) is 1. The van der Waals surface area contributed by atoms with E-state index in [0.717, 1.165) is 59.8 Å². The van der Waals surface area contributed by atoms with Crippen molar-refractivity contribution in [1.82, 2.24) is 24.4 Å². The van der Waals surface area contributed by atoms with Crippen molar-refractivity contribution in [3.63, 3.8) is 0 Å². The van der Waals surface area contributed by atoms with Crippen LogP contribution in [0.25, 0.3) is 5.65 Å². The molecule has 10 nitrogen and oxygen atoms in total. The van der Waals surface area contributed by atoms with Gasteiger partial charge in [0.2, 0.25) is 5.91 Å². The molecule has 2 aromatic heterocycles. The zero-order valence-electron chi connectivity index (χ0n) is 30.9. The lowest BCUT2D eigenvalue weighted by Gasteiger charge is -2.31. The number of likely N-dealkylation sites (tertiary alicyclic amines) is 1. The summed E-state index contributed by atoms with van der Waals surface area (Å²) in [5.74, 6) is 2.39. The molecule has 0 radical (unpaired) electrons. The lowest BCUT2D eigenvalue weighted by atomic mass is 9.82. The number of nitrogens with zero attached hydrogens (tertiary/aromatic N) is 5. The number of hydrogen-bond donors (Lipinski definition) is 3. The third kappa shape index (κ3) is 8.72. The molecule has 1 aliphatic heterocycles. The highest BCUT2D eigenvalue weighted by atomic mass is 16.5. The number of carbonyl (C=O) groups excluding carboxylic acids is 1. The summed E-state index contributed by atoms with van der Waals surface area (Å²) in [6.07, 6.45) is 6.67. The fourth-order valence-electron chi connectivity index (χ4n) is 7.24. The molecule has 1 aliphatic carbocycles. The predicted molar refractivity (Wildman–Crippen MR) is 199 cm³/mol. The topological polar surface area (TPSA) is 115 Å². The summed E-state index contributed by atoms with van der Waals surface area (Å²) in [5.41, 5.74) is 6.49. The Morgan fingerprint density at radius 3 is 2.40 bits per heavy atom. The molecule has 2 aromatic carbocycles. The minimum atomic E-state index is -0.0976. The molecule has 3 atom stereocenters. The van der Waals surface area contributed by atoms with Crippen molar-refractivity contribution in [2.75, 3.05) is 45.2 Å². The van der Waals surface area contributed by atoms with Crippen LogP contribution in [-0.2, 0) is 22.3 Å². The zero-order chi connectivity index (χ0) is 36.1. The van der Waals surface area contributed by atoms with E-state index < -0.39 is 0 Å². The van der Waals surface area contributed by atoms with E-state index in [1.54, 1.807) is 0 Å². The Kier molecular flexibility index (Phi) is 12.0. The molecular weight excluding hydrogens is 628 g/mol. The van der Waals surface area contributed by atoms with Crippen LogP contribution in [-0.4, -0.2) is 80.4 Å². The Morgan fingerprint density at radius 1 is 1.04 bits per heavy atom. The fourth-order valence-corrected chi connectivity index (χ4v) is 7.24. The Balaban J connectivity index is 0.000000202. The molecule has 2 aliphatic rings. The summed E-state index contributed by atoms with van der Waals surface area (Å²) in [5, 5.41) is 30.0. The maximum absolute atomic E-state index is 11.3. The molecule has 3 heterocycles. The van der Waals surface area contributed by atoms with E-state index in [-0.39, 0.29) is 36.2 Å². The second-order valence-corrected chi connectivity index (χ2v) is 15.2. The number of benzene rings is 2. The van der Waals surface area contributed by atoms with Gasteiger partial charge in [-0.3, -0.25) is 19.0 Å². The summed E-state index contributed by atoms with van der Waals surface area (Å²) >= 11 is 0. The van der Waals surface area contributed by atoms with Gasteiger partial charge >= 0.3 is 0 Å². The van der Waals surface area contributed by atoms with Gasteiger partial charge in [-0.2, -0.15) is 0 Å². The van der Waals surface area contributed by atoms with Gasteiger partial charge in [0, 0.05) is 32.2 Å². The third-order valence-electron chi connectivity index (χ3n) is 10.3. The number of rotatable bonds is 10. The lowest BCUT2D eigenvalue weighted by Crippen LogP contribution is -2.37. The SMILES string of the molecule is CC(=O)Nc1cc(CN(CCO)CCO)cc(C(C)(C)C)c1.CC1CCC(Oc2ccc3nnc([C@]4(C)CCCN4C)n3c2)c2ccccc21. The third-order valence-corrected chi connectivity index (χ3v) is 10.3. The van der Waals surface area contributed by atoms with E-state index in [2.05, 4.69) is 103 Å². The molecule has 0 saturated carbocycles. The average molecular weight is 685 g/mol. The summed E-state index contributed by atoms with van der Waals surface area (Å²) in [7, 11) is 2.18. The van der Waals surface area contributed by atoms with Crippen molar-refractivity contribution >= 4 is 17.2 Å². The number of hydrogen-bond acceptors (Lipinski definition) is 8. The molecule has 2 unspecified atom stereocenters. The van der Waals surface area contributed by atoms with Gasteiger partial charge in [-0.05, 0) is 104 Å². The zero-order valence-corrected chi connectivity index (χ0v) is 30.9. The lowest BCUT2D eigenvalue weighted by molar-refractivity contribution is -0.114. The summed E-state index contributed by atoms with van der Waals surface area (Å²) in [4.78, 5) is 15.7. The van der Waals surface area contributed by atoms with Crippen molar-refractivity contribution in [2.24, 2.45) is 0 Å². The highest BCUT2D eigenvalue weighted by Crippen LogP contribution is 2.40. The molecule has 3 N–H and O–H groups in total. The summed E-state index contributed by atoms with van der Waals surface area (Å²) in [6, 6.07) is 18.8. The molecule has 10 heteroatoms. The smallest absolute Gasteiger partial charge is 0.221 e. The van der Waals surface area contributed by atoms with E-state index in [1.807, 2.05) is 29.2 Å². The van der Waals surface area contributed by atoms with Gasteiger partial charge in [0.15, 0.2) is 11.5 Å². The van der Waals surface area contributed by atoms with Crippen molar-refractivity contribution in [2.45, 2.75) is 96.7 Å². The second kappa shape index (κ2) is 16.0. The molecule has 270 valence electrons. The molecule has 50 heavy (non-hydrogen) atoms. The van der Waals surface area contributed by atoms with Crippen LogP contribution in [0, 0.1) is 0 Å². The summed E-state index contributed by atoms with van der Waals surface area (Å²) < 4.78 is 8.61. The minimum Gasteiger partial charge on any atom is -0.484 e. The van der Waals surface area contributed by atoms with E-state index in [0.29, 0.717) is 25.6 Å². The van der Waals surface area contributed by atoms with E-state index in [4.69, 9.17) is 14.9 Å². The highest BCUT2D eigenvalue weighted by molar-refractivity contribution is 5.88. The van der Waals surface area contributed by atoms with E-state index in [1.165, 1.54) is 24.5 Å². The summed E-state index contributed by atoms with van der Waals surface area (Å²) in [6.45, 7) is 15.3. The largest absolute Gasteiger partial charge is 0.484 e. The van der Waals surface area contributed by atoms with Crippen LogP contribution in [0.1, 0.15) is 107 Å². The Hall–Kier alpha value is -3.83. The second-order valence-electron chi connectivity index (χ2n) is 15.2. The van der Waals surface area contributed by atoms with Gasteiger partial charge in [0.1, 0.15) is 11.9 Å². The monoisotopic (exact) mass is 684 g/mol. The number of aliphatic hydroxyl groups is 2. The van der Waals surface area contributed by atoms with Crippen LogP contribution in [0.3, 0.4) is 0 Å². The standard InChI is InChI=1S/C23H28N4O.C17H28N2O3/c1-16-9-11-20(19-8-5-4-7-18(16)19)28-17-10-12-21-24-25-22(27(21)15-17)23(2)13-6-14-26(23)3;1-13(22)18-16-10-14(9-15(11-16)17(2,3)4)12-19(5-7-20)6-8-21/h4-5,7-8,10,12,15-16,20H,6,9,11,13-14H2,1-3H3;9-11,20-21H,5-8,12H2,1-4H3,(H,18,22)/t16?,20?,23-;/m0./s1. The predicted octanol–water partition coefficient (Wildman–Crippen LogP) is 6.42. The first-order valence-electron chi connectivity index (χ1n) is 18.0. The van der Waals surface area contributed by atoms with Gasteiger partial charge < -0.3 is 20.3 Å². The van der Waals surface area contributed by atoms with E-state index >= 15 is 0 Å². The number of nitrogens with one attached hydrogen (secondary N) is 1. The van der Waals surface area contributed by atoms with Crippen LogP contribution in [0.5, 0.6) is 5.75 Å². The molecule has 1 saturated heterocycles. The number of fused-ring (bicyclic) bond motifs is 2. The van der Waals surface area contributed by atoms with Crippen molar-refractivity contribution in [3.05, 3.63) is 88.9 Å².